The summed E-state index contributed by atoms with van der Waals surface area (Å²) in [6.45, 7) is 8.43. The van der Waals surface area contributed by atoms with E-state index in [2.05, 4.69) is 31.8 Å². The smallest absolute Gasteiger partial charge is 0.162 e. The van der Waals surface area contributed by atoms with E-state index in [0.29, 0.717) is 24.0 Å². The number of hydrogen-bond donors (Lipinski definition) is 2. The molecule has 0 amide bonds. The molecule has 3 atom stereocenters. The fraction of sp³-hybridized carbons (Fsp3) is 0.591. The molecule has 0 spiro atoms. The molecule has 2 rings (SSSR count). The van der Waals surface area contributed by atoms with E-state index in [1.54, 1.807) is 6.08 Å². The molecule has 1 heterocycles. The van der Waals surface area contributed by atoms with Gasteiger partial charge in [-0.05, 0) is 48.7 Å². The van der Waals surface area contributed by atoms with E-state index < -0.39 is 5.92 Å². The van der Waals surface area contributed by atoms with Gasteiger partial charge in [0.1, 0.15) is 0 Å². The monoisotopic (exact) mass is 367 g/mol. The van der Waals surface area contributed by atoms with Crippen LogP contribution in [-0.2, 0) is 4.79 Å². The molecule has 0 aromatic rings. The highest BCUT2D eigenvalue weighted by Gasteiger charge is 2.39. The van der Waals surface area contributed by atoms with Crippen molar-refractivity contribution in [2.45, 2.75) is 39.5 Å². The van der Waals surface area contributed by atoms with Crippen LogP contribution in [-0.4, -0.2) is 24.0 Å². The second-order valence-electron chi connectivity index (χ2n) is 7.99. The third-order valence-electron chi connectivity index (χ3n) is 5.55. The Morgan fingerprint density at radius 1 is 1.41 bits per heavy atom. The summed E-state index contributed by atoms with van der Waals surface area (Å²) >= 11 is 0. The zero-order chi connectivity index (χ0) is 20.0. The van der Waals surface area contributed by atoms with Gasteiger partial charge in [-0.15, -0.1) is 0 Å². The van der Waals surface area contributed by atoms with Crippen LogP contribution in [0.3, 0.4) is 0 Å². The Balaban J connectivity index is 2.26. The van der Waals surface area contributed by atoms with Crippen molar-refractivity contribution in [2.75, 3.05) is 13.2 Å². The van der Waals surface area contributed by atoms with Gasteiger partial charge in [-0.25, -0.2) is 0 Å². The van der Waals surface area contributed by atoms with Crippen molar-refractivity contribution in [3.8, 4) is 12.1 Å². The summed E-state index contributed by atoms with van der Waals surface area (Å²) in [4.78, 5) is 13.1. The molecule has 0 bridgehead atoms. The molecule has 1 saturated carbocycles. The molecule has 27 heavy (non-hydrogen) atoms. The predicted octanol–water partition coefficient (Wildman–Crippen LogP) is 3.26. The number of carbonyl (C=O) groups is 1. The van der Waals surface area contributed by atoms with Crippen LogP contribution in [0.15, 0.2) is 35.6 Å². The first-order valence-corrected chi connectivity index (χ1v) is 9.67. The van der Waals surface area contributed by atoms with Crippen LogP contribution < -0.4 is 5.32 Å². The fourth-order valence-corrected chi connectivity index (χ4v) is 3.74. The molecule has 144 valence electrons. The molecule has 0 saturated heterocycles. The van der Waals surface area contributed by atoms with Crippen LogP contribution in [0.25, 0.3) is 0 Å². The number of aliphatic hydroxyl groups excluding tert-OH is 1. The average Bonchev–Trinajstić information content (AvgIpc) is 3.47. The Morgan fingerprint density at radius 2 is 2.11 bits per heavy atom. The van der Waals surface area contributed by atoms with Gasteiger partial charge in [-0.3, -0.25) is 4.79 Å². The lowest BCUT2D eigenvalue weighted by Crippen LogP contribution is -2.43. The van der Waals surface area contributed by atoms with E-state index in [9.17, 15) is 15.2 Å². The summed E-state index contributed by atoms with van der Waals surface area (Å²) in [7, 11) is 0. The van der Waals surface area contributed by atoms with Gasteiger partial charge in [0.15, 0.2) is 5.78 Å². The molecule has 0 radical (unpaired) electrons. The zero-order valence-electron chi connectivity index (χ0n) is 16.2. The van der Waals surface area contributed by atoms with E-state index in [0.717, 1.165) is 17.7 Å². The van der Waals surface area contributed by atoms with Crippen LogP contribution >= 0.6 is 0 Å². The van der Waals surface area contributed by atoms with Crippen molar-refractivity contribution in [1.82, 2.24) is 5.32 Å². The Morgan fingerprint density at radius 3 is 2.63 bits per heavy atom. The number of allylic oxidation sites excluding steroid dienone is 4. The maximum Gasteiger partial charge on any atom is 0.162 e. The van der Waals surface area contributed by atoms with Gasteiger partial charge >= 0.3 is 0 Å². The number of ketones is 1. The van der Waals surface area contributed by atoms with E-state index in [1.165, 1.54) is 18.9 Å². The summed E-state index contributed by atoms with van der Waals surface area (Å²) in [6, 6.07) is 4.06. The second-order valence-corrected chi connectivity index (χ2v) is 7.99. The van der Waals surface area contributed by atoms with E-state index in [1.807, 2.05) is 6.07 Å². The second kappa shape index (κ2) is 9.53. The summed E-state index contributed by atoms with van der Waals surface area (Å²) in [5, 5.41) is 31.2. The highest BCUT2D eigenvalue weighted by atomic mass is 16.3. The normalized spacial score (nSPS) is 23.6. The zero-order valence-corrected chi connectivity index (χ0v) is 16.2. The molecule has 3 unspecified atom stereocenters. The van der Waals surface area contributed by atoms with Gasteiger partial charge in [0.2, 0.25) is 0 Å². The van der Waals surface area contributed by atoms with Crippen LogP contribution in [0.4, 0.5) is 0 Å². The highest BCUT2D eigenvalue weighted by molar-refractivity contribution is 5.94. The predicted molar refractivity (Wildman–Crippen MR) is 104 cm³/mol. The van der Waals surface area contributed by atoms with Crippen LogP contribution in [0.2, 0.25) is 0 Å². The largest absolute Gasteiger partial charge is 0.390 e. The molecule has 1 aliphatic heterocycles. The molecule has 0 aromatic heterocycles. The third kappa shape index (κ3) is 5.55. The lowest BCUT2D eigenvalue weighted by molar-refractivity contribution is -0.119. The van der Waals surface area contributed by atoms with Crippen molar-refractivity contribution in [3.05, 3.63) is 35.6 Å². The number of nitrogens with one attached hydrogen (secondary N) is 1. The lowest BCUT2D eigenvalue weighted by atomic mass is 9.72. The van der Waals surface area contributed by atoms with Crippen LogP contribution in [0, 0.1) is 52.3 Å². The van der Waals surface area contributed by atoms with Gasteiger partial charge in [0.05, 0.1) is 24.7 Å². The van der Waals surface area contributed by atoms with Crippen molar-refractivity contribution < 1.29 is 9.90 Å². The van der Waals surface area contributed by atoms with Gasteiger partial charge in [0, 0.05) is 30.2 Å². The van der Waals surface area contributed by atoms with Gasteiger partial charge in [0.25, 0.3) is 0 Å². The van der Waals surface area contributed by atoms with Crippen LogP contribution in [0.1, 0.15) is 39.5 Å². The first kappa shape index (κ1) is 20.9. The molecule has 5 heteroatoms. The van der Waals surface area contributed by atoms with E-state index in [-0.39, 0.29) is 30.6 Å². The van der Waals surface area contributed by atoms with Crippen molar-refractivity contribution >= 4 is 5.78 Å². The maximum absolute atomic E-state index is 13.1. The van der Waals surface area contributed by atoms with Crippen molar-refractivity contribution in [3.63, 3.8) is 0 Å². The maximum atomic E-state index is 13.1. The number of carbonyl (C=O) groups excluding carboxylic acids is 1. The number of nitrogens with zero attached hydrogens (tertiary/aromatic N) is 2. The van der Waals surface area contributed by atoms with Gasteiger partial charge in [-0.1, -0.05) is 26.5 Å². The number of nitriles is 2. The first-order valence-electron chi connectivity index (χ1n) is 9.67. The van der Waals surface area contributed by atoms with E-state index in [4.69, 9.17) is 5.26 Å². The SMILES string of the molecule is C=C(C#N)CC(C#N)/C=C/C(=O)C1C(CC2CC2)=C(CO)NCC1C(C)C. The molecule has 2 aliphatic rings. The third-order valence-corrected chi connectivity index (χ3v) is 5.55. The standard InChI is InChI=1S/C22H29N3O2/c1-14(2)19-12-25-20(13-26)18(9-16-4-5-16)22(19)21(27)7-6-17(11-24)8-15(3)10-23/h6-7,14,16-17,19,22,25-26H,3-5,8-9,12-13H2,1-2H3/b7-6+. The van der Waals surface area contributed by atoms with Gasteiger partial charge < -0.3 is 10.4 Å². The lowest BCUT2D eigenvalue weighted by Gasteiger charge is -2.37. The molecular weight excluding hydrogens is 338 g/mol. The van der Waals surface area contributed by atoms with Crippen molar-refractivity contribution in [2.24, 2.45) is 29.6 Å². The Bertz CT molecular complexity index is 717. The molecule has 2 N–H and O–H groups in total. The quantitative estimate of drug-likeness (QED) is 0.481. The average molecular weight is 367 g/mol. The number of aliphatic hydroxyl groups is 1. The Labute approximate surface area is 162 Å². The topological polar surface area (TPSA) is 96.9 Å². The minimum atomic E-state index is -0.534. The fourth-order valence-electron chi connectivity index (χ4n) is 3.74. The molecule has 0 aromatic carbocycles. The first-order chi connectivity index (χ1) is 12.9. The Hall–Kier alpha value is -2.37. The number of hydrogen-bond acceptors (Lipinski definition) is 5. The van der Waals surface area contributed by atoms with Crippen LogP contribution in [0.5, 0.6) is 0 Å². The van der Waals surface area contributed by atoms with Crippen molar-refractivity contribution in [1.29, 1.82) is 10.5 Å². The molecule has 1 aliphatic carbocycles. The summed E-state index contributed by atoms with van der Waals surface area (Å²) in [6.07, 6.45) is 6.55. The molecule has 1 fully saturated rings. The summed E-state index contributed by atoms with van der Waals surface area (Å²) < 4.78 is 0. The number of rotatable bonds is 9. The Kier molecular flexibility index (Phi) is 7.39. The van der Waals surface area contributed by atoms with Gasteiger partial charge in [-0.2, -0.15) is 10.5 Å². The highest BCUT2D eigenvalue weighted by Crippen LogP contribution is 2.42. The van der Waals surface area contributed by atoms with E-state index >= 15 is 0 Å². The molecule has 5 nitrogen and oxygen atoms in total. The molecular formula is C22H29N3O2. The minimum Gasteiger partial charge on any atom is -0.390 e. The summed E-state index contributed by atoms with van der Waals surface area (Å²) in [5.41, 5.74) is 2.16. The minimum absolute atomic E-state index is 0.0142. The summed E-state index contributed by atoms with van der Waals surface area (Å²) in [5.74, 6) is 0.274.